The van der Waals surface area contributed by atoms with Gasteiger partial charge in [-0.1, -0.05) is 12.1 Å². The molecule has 0 aromatic heterocycles. The minimum absolute atomic E-state index is 0.0471. The lowest BCUT2D eigenvalue weighted by molar-refractivity contribution is -0.149. The summed E-state index contributed by atoms with van der Waals surface area (Å²) in [6.45, 7) is -0.0737. The molecule has 7 nitrogen and oxygen atoms in total. The Morgan fingerprint density at radius 3 is 2.73 bits per heavy atom. The van der Waals surface area contributed by atoms with Crippen LogP contribution in [0.4, 0.5) is 5.69 Å². The molecule has 1 aromatic rings. The number of nitrogens with zero attached hydrogens (tertiary/aromatic N) is 1. The maximum atomic E-state index is 12.1. The van der Waals surface area contributed by atoms with Crippen LogP contribution >= 0.6 is 0 Å². The van der Waals surface area contributed by atoms with Crippen LogP contribution in [-0.4, -0.2) is 39.3 Å². The van der Waals surface area contributed by atoms with Gasteiger partial charge in [0.15, 0.2) is 6.10 Å². The summed E-state index contributed by atoms with van der Waals surface area (Å²) in [6, 6.07) is 6.74. The summed E-state index contributed by atoms with van der Waals surface area (Å²) in [5, 5.41) is 0. The molecule has 3 rings (SSSR count). The molecule has 2 aliphatic rings. The molecule has 0 radical (unpaired) electrons. The molecule has 0 spiro atoms. The van der Waals surface area contributed by atoms with E-state index in [1.807, 2.05) is 0 Å². The standard InChI is InChI=1S/C14H18N2O5S/c1-22(18,19)16-9-13(14(17)15-21-10-5-4-6-10)20-12-8-3-2-7-11(12)16/h2-3,7-8,10,13H,4-6,9H2,1H3,(H,15,17). The lowest BCUT2D eigenvalue weighted by Crippen LogP contribution is -2.51. The molecule has 22 heavy (non-hydrogen) atoms. The second-order valence-electron chi connectivity index (χ2n) is 5.51. The first-order chi connectivity index (χ1) is 10.4. The monoisotopic (exact) mass is 326 g/mol. The number of sulfonamides is 1. The van der Waals surface area contributed by atoms with Crippen molar-refractivity contribution in [1.82, 2.24) is 5.48 Å². The van der Waals surface area contributed by atoms with E-state index < -0.39 is 22.0 Å². The molecule has 1 aliphatic carbocycles. The quantitative estimate of drug-likeness (QED) is 0.828. The highest BCUT2D eigenvalue weighted by molar-refractivity contribution is 7.92. The van der Waals surface area contributed by atoms with Crippen LogP contribution < -0.4 is 14.5 Å². The molecule has 1 atom stereocenters. The number of carbonyl (C=O) groups excluding carboxylic acids is 1. The van der Waals surface area contributed by atoms with Crippen molar-refractivity contribution < 1.29 is 22.8 Å². The van der Waals surface area contributed by atoms with Gasteiger partial charge in [0, 0.05) is 0 Å². The lowest BCUT2D eigenvalue weighted by atomic mass is 9.97. The van der Waals surface area contributed by atoms with E-state index in [1.54, 1.807) is 24.3 Å². The fourth-order valence-corrected chi connectivity index (χ4v) is 3.26. The number of nitrogens with one attached hydrogen (secondary N) is 1. The Morgan fingerprint density at radius 1 is 1.36 bits per heavy atom. The molecular weight excluding hydrogens is 308 g/mol. The Bertz CT molecular complexity index is 672. The lowest BCUT2D eigenvalue weighted by Gasteiger charge is -2.34. The molecule has 1 unspecified atom stereocenters. The largest absolute Gasteiger partial charge is 0.476 e. The fourth-order valence-electron chi connectivity index (χ4n) is 2.35. The molecule has 1 amide bonds. The van der Waals surface area contributed by atoms with Crippen LogP contribution in [0.3, 0.4) is 0 Å². The van der Waals surface area contributed by atoms with Crippen molar-refractivity contribution >= 4 is 21.6 Å². The Balaban J connectivity index is 1.76. The van der Waals surface area contributed by atoms with Gasteiger partial charge in [-0.3, -0.25) is 13.9 Å². The number of hydrogen-bond acceptors (Lipinski definition) is 5. The van der Waals surface area contributed by atoms with Crippen molar-refractivity contribution in [3.8, 4) is 5.75 Å². The first kappa shape index (κ1) is 15.1. The molecule has 1 N–H and O–H groups in total. The van der Waals surface area contributed by atoms with Gasteiger partial charge in [-0.05, 0) is 31.4 Å². The summed E-state index contributed by atoms with van der Waals surface area (Å²) in [5.41, 5.74) is 2.81. The number of anilines is 1. The van der Waals surface area contributed by atoms with Crippen molar-refractivity contribution in [1.29, 1.82) is 0 Å². The number of para-hydroxylation sites is 2. The van der Waals surface area contributed by atoms with Gasteiger partial charge in [0.1, 0.15) is 5.75 Å². The van der Waals surface area contributed by atoms with Crippen LogP contribution in [0.5, 0.6) is 5.75 Å². The minimum atomic E-state index is -3.50. The number of carbonyl (C=O) groups is 1. The number of hydroxylamine groups is 1. The molecule has 1 saturated carbocycles. The highest BCUT2D eigenvalue weighted by Gasteiger charge is 2.35. The first-order valence-corrected chi connectivity index (χ1v) is 8.99. The summed E-state index contributed by atoms with van der Waals surface area (Å²) in [4.78, 5) is 17.4. The second-order valence-corrected chi connectivity index (χ2v) is 7.41. The predicted octanol–water partition coefficient (Wildman–Crippen LogP) is 0.814. The van der Waals surface area contributed by atoms with Crippen LogP contribution in [0.25, 0.3) is 0 Å². The van der Waals surface area contributed by atoms with E-state index in [0.29, 0.717) is 11.4 Å². The number of amides is 1. The number of rotatable bonds is 4. The highest BCUT2D eigenvalue weighted by Crippen LogP contribution is 2.34. The van der Waals surface area contributed by atoms with E-state index >= 15 is 0 Å². The van der Waals surface area contributed by atoms with Gasteiger partial charge in [-0.25, -0.2) is 13.9 Å². The van der Waals surface area contributed by atoms with Gasteiger partial charge in [-0.15, -0.1) is 0 Å². The van der Waals surface area contributed by atoms with Crippen LogP contribution in [0.2, 0.25) is 0 Å². The van der Waals surface area contributed by atoms with E-state index in [-0.39, 0.29) is 12.6 Å². The van der Waals surface area contributed by atoms with Crippen molar-refractivity contribution in [3.05, 3.63) is 24.3 Å². The molecule has 0 saturated heterocycles. The van der Waals surface area contributed by atoms with Crippen LogP contribution in [0.15, 0.2) is 24.3 Å². The zero-order valence-electron chi connectivity index (χ0n) is 12.2. The smallest absolute Gasteiger partial charge is 0.286 e. The topological polar surface area (TPSA) is 84.9 Å². The maximum Gasteiger partial charge on any atom is 0.286 e. The molecule has 120 valence electrons. The summed E-state index contributed by atoms with van der Waals surface area (Å²) < 4.78 is 30.7. The number of fused-ring (bicyclic) bond motifs is 1. The van der Waals surface area contributed by atoms with E-state index in [1.165, 1.54) is 4.31 Å². The first-order valence-electron chi connectivity index (χ1n) is 7.14. The third-order valence-electron chi connectivity index (χ3n) is 3.81. The van der Waals surface area contributed by atoms with Gasteiger partial charge in [-0.2, -0.15) is 0 Å². The van der Waals surface area contributed by atoms with Gasteiger partial charge >= 0.3 is 0 Å². The molecular formula is C14H18N2O5S. The predicted molar refractivity (Wildman–Crippen MR) is 79.9 cm³/mol. The number of hydrogen-bond donors (Lipinski definition) is 1. The Labute approximate surface area is 129 Å². The van der Waals surface area contributed by atoms with Crippen molar-refractivity contribution in [2.24, 2.45) is 0 Å². The average Bonchev–Trinajstić information content (AvgIpc) is 2.43. The Hall–Kier alpha value is -1.80. The average molecular weight is 326 g/mol. The van der Waals surface area contributed by atoms with Gasteiger partial charge in [0.2, 0.25) is 10.0 Å². The van der Waals surface area contributed by atoms with Crippen LogP contribution in [-0.2, 0) is 19.7 Å². The molecule has 1 heterocycles. The fraction of sp³-hybridized carbons (Fsp3) is 0.500. The second kappa shape index (κ2) is 5.77. The van der Waals surface area contributed by atoms with E-state index in [9.17, 15) is 13.2 Å². The number of ether oxygens (including phenoxy) is 1. The third-order valence-corrected chi connectivity index (χ3v) is 4.95. The molecule has 1 fully saturated rings. The van der Waals surface area contributed by atoms with Crippen molar-refractivity contribution in [2.45, 2.75) is 31.5 Å². The third kappa shape index (κ3) is 3.02. The normalized spacial score (nSPS) is 21.5. The van der Waals surface area contributed by atoms with Gasteiger partial charge in [0.05, 0.1) is 24.6 Å². The Kier molecular flexibility index (Phi) is 3.96. The zero-order valence-corrected chi connectivity index (χ0v) is 13.0. The zero-order chi connectivity index (χ0) is 15.7. The summed E-state index contributed by atoms with van der Waals surface area (Å²) in [6.07, 6.45) is 3.15. The van der Waals surface area contributed by atoms with E-state index in [0.717, 1.165) is 25.5 Å². The molecule has 1 aromatic carbocycles. The van der Waals surface area contributed by atoms with Crippen LogP contribution in [0.1, 0.15) is 19.3 Å². The molecule has 8 heteroatoms. The number of benzene rings is 1. The van der Waals surface area contributed by atoms with Crippen molar-refractivity contribution in [2.75, 3.05) is 17.1 Å². The van der Waals surface area contributed by atoms with Gasteiger partial charge < -0.3 is 4.74 Å². The van der Waals surface area contributed by atoms with Crippen LogP contribution in [0, 0.1) is 0 Å². The van der Waals surface area contributed by atoms with Gasteiger partial charge in [0.25, 0.3) is 5.91 Å². The molecule has 0 bridgehead atoms. The Morgan fingerprint density at radius 2 is 2.09 bits per heavy atom. The summed E-state index contributed by atoms with van der Waals surface area (Å²) in [5.74, 6) is -0.113. The summed E-state index contributed by atoms with van der Waals surface area (Å²) in [7, 11) is -3.50. The highest BCUT2D eigenvalue weighted by atomic mass is 32.2. The molecule has 1 aliphatic heterocycles. The van der Waals surface area contributed by atoms with E-state index in [2.05, 4.69) is 5.48 Å². The van der Waals surface area contributed by atoms with Crippen molar-refractivity contribution in [3.63, 3.8) is 0 Å². The maximum absolute atomic E-state index is 12.1. The SMILES string of the molecule is CS(=O)(=O)N1CC(C(=O)NOC2CCC2)Oc2ccccc21. The van der Waals surface area contributed by atoms with E-state index in [4.69, 9.17) is 9.57 Å². The summed E-state index contributed by atoms with van der Waals surface area (Å²) >= 11 is 0. The minimum Gasteiger partial charge on any atom is -0.476 e.